The van der Waals surface area contributed by atoms with Gasteiger partial charge in [-0.1, -0.05) is 348 Å². The van der Waals surface area contributed by atoms with Gasteiger partial charge in [0.15, 0.2) is 0 Å². The molecule has 0 radical (unpaired) electrons. The first kappa shape index (κ1) is 83.8. The van der Waals surface area contributed by atoms with Crippen LogP contribution >= 0.6 is 0 Å². The van der Waals surface area contributed by atoms with Gasteiger partial charge in [0.2, 0.25) is 0 Å². The molecule has 0 spiro atoms. The molecule has 0 amide bonds. The average molecular weight is 1190 g/mol. The van der Waals surface area contributed by atoms with E-state index in [0.717, 1.165) is 103 Å². The van der Waals surface area contributed by atoms with E-state index in [0.29, 0.717) is 50.1 Å². The molecule has 0 aromatic heterocycles. The number of rotatable bonds is 64. The van der Waals surface area contributed by atoms with Gasteiger partial charge in [-0.25, -0.2) is 0 Å². The lowest BCUT2D eigenvalue weighted by Gasteiger charge is -2.31. The summed E-state index contributed by atoms with van der Waals surface area (Å²) in [7, 11) is 0. The van der Waals surface area contributed by atoms with E-state index in [2.05, 4.69) is 104 Å². The van der Waals surface area contributed by atoms with Crippen molar-refractivity contribution in [1.82, 2.24) is 0 Å². The fraction of sp³-hybridized carbons (Fsp3) is 1.00. The first-order valence-electron chi connectivity index (χ1n) is 38.6. The summed E-state index contributed by atoms with van der Waals surface area (Å²) in [6, 6.07) is 0. The molecule has 0 aromatic rings. The first-order chi connectivity index (χ1) is 40.2. The second kappa shape index (κ2) is 56.8. The summed E-state index contributed by atoms with van der Waals surface area (Å²) >= 11 is 0. The van der Waals surface area contributed by atoms with Crippen molar-refractivity contribution in [2.75, 3.05) is 26.4 Å². The van der Waals surface area contributed by atoms with Gasteiger partial charge in [0.05, 0.1) is 0 Å². The second-order valence-electron chi connectivity index (χ2n) is 32.3. The standard InChI is InChI=1S/C80H162O4/c1-64(27-16-29-66(3)36-22-43-74(11)55-59-81)33-19-40-71(8)49-52-78(15)80(54-51-73(10)42-21-35-69(6)39-25-46-77(14)58-62-84)63-79(48-26-47-70(7)32-18-31-68(5)38-24-45-76(13)57-61-83)53-50-72(9)41-20-34-65(2)28-17-30-67(4)37-23-44-75(12)56-60-82/h64-84H,16-63H2,1-15H3. The summed E-state index contributed by atoms with van der Waals surface area (Å²) in [4.78, 5) is 0. The fourth-order valence-corrected chi connectivity index (χ4v) is 15.0. The van der Waals surface area contributed by atoms with Crippen LogP contribution in [0.4, 0.5) is 0 Å². The Bertz CT molecular complexity index is 1340. The molecule has 0 aromatic carbocycles. The quantitative estimate of drug-likeness (QED) is 0.0489. The van der Waals surface area contributed by atoms with Gasteiger partial charge in [0, 0.05) is 26.4 Å². The van der Waals surface area contributed by atoms with Crippen LogP contribution in [0.3, 0.4) is 0 Å². The number of aliphatic hydroxyl groups excluding tert-OH is 4. The summed E-state index contributed by atoms with van der Waals surface area (Å²) in [5.74, 6) is 13.6. The largest absolute Gasteiger partial charge is 0.396 e. The third kappa shape index (κ3) is 52.6. The molecule has 0 aliphatic carbocycles. The van der Waals surface area contributed by atoms with Gasteiger partial charge in [0.25, 0.3) is 0 Å². The zero-order valence-electron chi connectivity index (χ0n) is 60.5. The number of hydrogen-bond acceptors (Lipinski definition) is 4. The molecule has 84 heavy (non-hydrogen) atoms. The fourth-order valence-electron chi connectivity index (χ4n) is 15.0. The lowest BCUT2D eigenvalue weighted by molar-refractivity contribution is 0.205. The van der Waals surface area contributed by atoms with Crippen LogP contribution in [0.1, 0.15) is 386 Å². The van der Waals surface area contributed by atoms with Gasteiger partial charge in [0.1, 0.15) is 0 Å². The van der Waals surface area contributed by atoms with Gasteiger partial charge in [-0.2, -0.15) is 0 Å². The molecule has 4 heteroatoms. The zero-order chi connectivity index (χ0) is 62.8. The Hall–Kier alpha value is -0.160. The maximum absolute atomic E-state index is 9.38. The van der Waals surface area contributed by atoms with E-state index in [1.807, 2.05) is 0 Å². The third-order valence-electron chi connectivity index (χ3n) is 22.4. The second-order valence-corrected chi connectivity index (χ2v) is 32.3. The molecule has 0 fully saturated rings. The van der Waals surface area contributed by atoms with Crippen LogP contribution in [0.2, 0.25) is 0 Å². The molecule has 17 unspecified atom stereocenters. The lowest BCUT2D eigenvalue weighted by atomic mass is 9.75. The van der Waals surface area contributed by atoms with Gasteiger partial charge < -0.3 is 20.4 Å². The average Bonchev–Trinajstić information content (AvgIpc) is 3.52. The van der Waals surface area contributed by atoms with Crippen molar-refractivity contribution in [1.29, 1.82) is 0 Å². The monoisotopic (exact) mass is 1190 g/mol. The van der Waals surface area contributed by atoms with Crippen LogP contribution in [0.25, 0.3) is 0 Å². The molecule has 4 nitrogen and oxygen atoms in total. The minimum Gasteiger partial charge on any atom is -0.396 e. The van der Waals surface area contributed by atoms with Crippen LogP contribution < -0.4 is 0 Å². The van der Waals surface area contributed by atoms with E-state index in [4.69, 9.17) is 0 Å². The van der Waals surface area contributed by atoms with Gasteiger partial charge in [-0.15, -0.1) is 0 Å². The minimum atomic E-state index is 0.337. The van der Waals surface area contributed by atoms with Gasteiger partial charge in [-0.3, -0.25) is 0 Å². The van der Waals surface area contributed by atoms with E-state index in [9.17, 15) is 20.4 Å². The highest BCUT2D eigenvalue weighted by molar-refractivity contribution is 4.77. The van der Waals surface area contributed by atoms with E-state index in [-0.39, 0.29) is 0 Å². The van der Waals surface area contributed by atoms with Crippen LogP contribution in [-0.4, -0.2) is 46.9 Å². The van der Waals surface area contributed by atoms with Crippen molar-refractivity contribution in [2.45, 2.75) is 386 Å². The van der Waals surface area contributed by atoms with Crippen LogP contribution in [-0.2, 0) is 0 Å². The van der Waals surface area contributed by atoms with Crippen LogP contribution in [0.15, 0.2) is 0 Å². The predicted octanol–water partition coefficient (Wildman–Crippen LogP) is 24.9. The molecule has 4 N–H and O–H groups in total. The maximum Gasteiger partial charge on any atom is 0.0433 e. The van der Waals surface area contributed by atoms with E-state index >= 15 is 0 Å². The van der Waals surface area contributed by atoms with E-state index < -0.39 is 0 Å². The molecule has 0 aliphatic heterocycles. The molecule has 0 aliphatic rings. The maximum atomic E-state index is 9.38. The first-order valence-corrected chi connectivity index (χ1v) is 38.6. The number of aliphatic hydroxyl groups is 4. The van der Waals surface area contributed by atoms with Crippen LogP contribution in [0, 0.1) is 101 Å². The van der Waals surface area contributed by atoms with Crippen molar-refractivity contribution in [3.8, 4) is 0 Å². The summed E-state index contributed by atoms with van der Waals surface area (Å²) in [6.07, 6.45) is 59.2. The minimum absolute atomic E-state index is 0.337. The molecular formula is C80H162O4. The van der Waals surface area contributed by atoms with Crippen molar-refractivity contribution in [2.24, 2.45) is 101 Å². The molecule has 0 saturated carbocycles. The summed E-state index contributed by atoms with van der Waals surface area (Å²) < 4.78 is 0. The lowest BCUT2D eigenvalue weighted by Crippen LogP contribution is -2.19. The van der Waals surface area contributed by atoms with Crippen molar-refractivity contribution in [3.05, 3.63) is 0 Å². The molecule has 506 valence electrons. The van der Waals surface area contributed by atoms with E-state index in [1.165, 1.54) is 257 Å². The van der Waals surface area contributed by atoms with E-state index in [1.54, 1.807) is 0 Å². The highest BCUT2D eigenvalue weighted by Gasteiger charge is 2.25. The molecular weight excluding hydrogens is 1020 g/mol. The Kier molecular flexibility index (Phi) is 56.7. The predicted molar refractivity (Wildman–Crippen MR) is 376 cm³/mol. The Labute approximate surface area is 531 Å². The highest BCUT2D eigenvalue weighted by atomic mass is 16.3. The molecule has 17 atom stereocenters. The molecule has 0 bridgehead atoms. The Morgan fingerprint density at radius 2 is 0.333 bits per heavy atom. The SMILES string of the molecule is CC(CCO)CCCC(C)CCCC(C)CCCC(C)CCC(CCCC(C)CCCC(C)CCCC(C)CCO)CC(CCC(C)CCCC(C)CCCC(C)CCO)C(C)CCC(C)CCCC(C)CCCC(C)CCCC(C)CCO. The van der Waals surface area contributed by atoms with Gasteiger partial charge in [-0.05, 0) is 139 Å². The molecule has 0 heterocycles. The topological polar surface area (TPSA) is 80.9 Å². The smallest absolute Gasteiger partial charge is 0.0433 e. The third-order valence-corrected chi connectivity index (χ3v) is 22.4. The van der Waals surface area contributed by atoms with Crippen molar-refractivity contribution < 1.29 is 20.4 Å². The van der Waals surface area contributed by atoms with Crippen molar-refractivity contribution >= 4 is 0 Å². The molecule has 0 saturated heterocycles. The Morgan fingerprint density at radius 3 is 0.548 bits per heavy atom. The van der Waals surface area contributed by atoms with Crippen LogP contribution in [0.5, 0.6) is 0 Å². The highest BCUT2D eigenvalue weighted by Crippen LogP contribution is 2.37. The Balaban J connectivity index is 5.79. The van der Waals surface area contributed by atoms with Gasteiger partial charge >= 0.3 is 0 Å². The molecule has 0 rings (SSSR count). The zero-order valence-corrected chi connectivity index (χ0v) is 60.5. The normalized spacial score (nSPS) is 18.5. The summed E-state index contributed by atoms with van der Waals surface area (Å²) in [5.41, 5.74) is 0. The Morgan fingerprint density at radius 1 is 0.167 bits per heavy atom. The summed E-state index contributed by atoms with van der Waals surface area (Å²) in [5, 5.41) is 37.3. The summed E-state index contributed by atoms with van der Waals surface area (Å²) in [6.45, 7) is 38.7. The number of hydrogen-bond donors (Lipinski definition) is 4. The van der Waals surface area contributed by atoms with Crippen molar-refractivity contribution in [3.63, 3.8) is 0 Å².